The lowest BCUT2D eigenvalue weighted by atomic mass is 9.58. The van der Waals surface area contributed by atoms with Crippen molar-refractivity contribution in [3.63, 3.8) is 0 Å². The Morgan fingerprint density at radius 1 is 1.30 bits per heavy atom. The van der Waals surface area contributed by atoms with Crippen LogP contribution in [-0.4, -0.2) is 18.1 Å². The molecule has 2 fully saturated rings. The summed E-state index contributed by atoms with van der Waals surface area (Å²) < 4.78 is 0. The minimum Gasteiger partial charge on any atom is -0.327 e. The number of hydrogen-bond donors (Lipinski definition) is 2. The molecule has 4 nitrogen and oxygen atoms in total. The Bertz CT molecular complexity index is 467. The van der Waals surface area contributed by atoms with Crippen molar-refractivity contribution in [1.29, 1.82) is 10.5 Å². The van der Waals surface area contributed by atoms with Crippen molar-refractivity contribution in [2.24, 2.45) is 28.9 Å². The topological polar surface area (TPSA) is 85.6 Å². The molecule has 5 unspecified atom stereocenters. The average Bonchev–Trinajstić information content (AvgIpc) is 2.93. The molecule has 3 N–H and O–H groups in total. The third-order valence-corrected chi connectivity index (χ3v) is 6.37. The van der Waals surface area contributed by atoms with E-state index >= 15 is 0 Å². The van der Waals surface area contributed by atoms with Gasteiger partial charge in [-0.1, -0.05) is 20.3 Å². The fraction of sp³-hybridized carbons (Fsp3) is 0.895. The number of nitrogens with two attached hydrogens (primary N) is 1. The van der Waals surface area contributed by atoms with E-state index < -0.39 is 0 Å². The zero-order valence-corrected chi connectivity index (χ0v) is 14.9. The van der Waals surface area contributed by atoms with E-state index in [9.17, 15) is 0 Å². The zero-order chi connectivity index (χ0) is 17.0. The largest absolute Gasteiger partial charge is 0.327 e. The Balaban J connectivity index is 1.90. The molecular weight excluding hydrogens is 284 g/mol. The van der Waals surface area contributed by atoms with E-state index in [0.717, 1.165) is 25.7 Å². The Morgan fingerprint density at radius 2 is 2.00 bits per heavy atom. The van der Waals surface area contributed by atoms with Crippen molar-refractivity contribution >= 4 is 0 Å². The molecular formula is C19H32N4. The monoisotopic (exact) mass is 316 g/mol. The van der Waals surface area contributed by atoms with E-state index in [1.807, 2.05) is 0 Å². The van der Waals surface area contributed by atoms with Crippen molar-refractivity contribution in [2.45, 2.75) is 83.8 Å². The molecule has 1 saturated carbocycles. The van der Waals surface area contributed by atoms with Gasteiger partial charge in [0.15, 0.2) is 0 Å². The average molecular weight is 316 g/mol. The van der Waals surface area contributed by atoms with Gasteiger partial charge in [-0.3, -0.25) is 0 Å². The zero-order valence-electron chi connectivity index (χ0n) is 14.9. The van der Waals surface area contributed by atoms with Crippen LogP contribution in [0, 0.1) is 45.8 Å². The summed E-state index contributed by atoms with van der Waals surface area (Å²) in [5, 5.41) is 21.9. The lowest BCUT2D eigenvalue weighted by molar-refractivity contribution is 0.0699. The SMILES string of the molecule is CCC1CC(C(C)N)NC1C(C)CCC1(CC#N)CC(C#N)C1. The van der Waals surface area contributed by atoms with Gasteiger partial charge in [0, 0.05) is 30.5 Å². The summed E-state index contributed by atoms with van der Waals surface area (Å²) in [6, 6.07) is 5.89. The fourth-order valence-electron chi connectivity index (χ4n) is 4.73. The lowest BCUT2D eigenvalue weighted by Gasteiger charge is -2.44. The number of nitrogens with one attached hydrogen (secondary N) is 1. The van der Waals surface area contributed by atoms with Gasteiger partial charge in [-0.05, 0) is 56.3 Å². The second kappa shape index (κ2) is 7.65. The second-order valence-electron chi connectivity index (χ2n) is 8.15. The Labute approximate surface area is 141 Å². The van der Waals surface area contributed by atoms with E-state index in [4.69, 9.17) is 16.3 Å². The van der Waals surface area contributed by atoms with Crippen LogP contribution in [0.3, 0.4) is 0 Å². The van der Waals surface area contributed by atoms with Crippen LogP contribution >= 0.6 is 0 Å². The summed E-state index contributed by atoms with van der Waals surface area (Å²) >= 11 is 0. The van der Waals surface area contributed by atoms with Gasteiger partial charge in [0.1, 0.15) is 0 Å². The minimum absolute atomic E-state index is 0.115. The van der Waals surface area contributed by atoms with Crippen LogP contribution in [0.2, 0.25) is 0 Å². The summed E-state index contributed by atoms with van der Waals surface area (Å²) in [5.74, 6) is 1.48. The van der Waals surface area contributed by atoms with Crippen LogP contribution < -0.4 is 11.1 Å². The van der Waals surface area contributed by atoms with Crippen molar-refractivity contribution in [1.82, 2.24) is 5.32 Å². The molecule has 1 saturated heterocycles. The van der Waals surface area contributed by atoms with Gasteiger partial charge >= 0.3 is 0 Å². The smallest absolute Gasteiger partial charge is 0.0656 e. The molecule has 4 heteroatoms. The van der Waals surface area contributed by atoms with E-state index in [-0.39, 0.29) is 17.4 Å². The van der Waals surface area contributed by atoms with Crippen LogP contribution in [0.5, 0.6) is 0 Å². The molecule has 0 amide bonds. The molecule has 0 spiro atoms. The first-order valence-electron chi connectivity index (χ1n) is 9.23. The van der Waals surface area contributed by atoms with Gasteiger partial charge in [0.2, 0.25) is 0 Å². The first-order chi connectivity index (χ1) is 10.9. The highest BCUT2D eigenvalue weighted by Crippen LogP contribution is 2.52. The molecule has 1 aliphatic carbocycles. The molecule has 5 atom stereocenters. The number of hydrogen-bond acceptors (Lipinski definition) is 4. The van der Waals surface area contributed by atoms with Gasteiger partial charge in [0.25, 0.3) is 0 Å². The summed E-state index contributed by atoms with van der Waals surface area (Å²) in [7, 11) is 0. The first-order valence-corrected chi connectivity index (χ1v) is 9.23. The summed E-state index contributed by atoms with van der Waals surface area (Å²) in [6.07, 6.45) is 7.05. The maximum atomic E-state index is 9.12. The molecule has 23 heavy (non-hydrogen) atoms. The van der Waals surface area contributed by atoms with Crippen LogP contribution in [-0.2, 0) is 0 Å². The van der Waals surface area contributed by atoms with E-state index in [2.05, 4.69) is 38.2 Å². The molecule has 1 aliphatic heterocycles. The standard InChI is InChI=1S/C19H32N4/c1-4-16-9-17(14(3)22)23-18(16)13(2)5-6-19(7-8-20)10-15(11-19)12-21/h13-18,23H,4-7,9-11,22H2,1-3H3. The van der Waals surface area contributed by atoms with Gasteiger partial charge < -0.3 is 11.1 Å². The van der Waals surface area contributed by atoms with E-state index in [1.165, 1.54) is 12.8 Å². The van der Waals surface area contributed by atoms with Crippen molar-refractivity contribution in [3.8, 4) is 12.1 Å². The Hall–Kier alpha value is -1.10. The minimum atomic E-state index is 0.115. The maximum absolute atomic E-state index is 9.12. The predicted octanol–water partition coefficient (Wildman–Crippen LogP) is 3.34. The first kappa shape index (κ1) is 18.2. The quantitative estimate of drug-likeness (QED) is 0.754. The molecule has 0 aromatic heterocycles. The van der Waals surface area contributed by atoms with Crippen LogP contribution in [0.25, 0.3) is 0 Å². The highest BCUT2D eigenvalue weighted by atomic mass is 15.0. The third-order valence-electron chi connectivity index (χ3n) is 6.37. The highest BCUT2D eigenvalue weighted by molar-refractivity contribution is 5.06. The molecule has 128 valence electrons. The molecule has 1 heterocycles. The lowest BCUT2D eigenvalue weighted by Crippen LogP contribution is -2.44. The summed E-state index contributed by atoms with van der Waals surface area (Å²) in [4.78, 5) is 0. The van der Waals surface area contributed by atoms with Gasteiger partial charge in [0.05, 0.1) is 12.1 Å². The summed E-state index contributed by atoms with van der Waals surface area (Å²) in [6.45, 7) is 6.70. The number of nitrogens with zero attached hydrogens (tertiary/aromatic N) is 2. The molecule has 0 aromatic rings. The summed E-state index contributed by atoms with van der Waals surface area (Å²) in [5.41, 5.74) is 6.21. The Morgan fingerprint density at radius 3 is 2.52 bits per heavy atom. The third kappa shape index (κ3) is 4.06. The van der Waals surface area contributed by atoms with Crippen LogP contribution in [0.1, 0.15) is 65.7 Å². The van der Waals surface area contributed by atoms with Crippen molar-refractivity contribution in [2.75, 3.05) is 0 Å². The van der Waals surface area contributed by atoms with Crippen LogP contribution in [0.15, 0.2) is 0 Å². The van der Waals surface area contributed by atoms with Crippen molar-refractivity contribution in [3.05, 3.63) is 0 Å². The number of rotatable bonds is 7. The van der Waals surface area contributed by atoms with Crippen LogP contribution in [0.4, 0.5) is 0 Å². The van der Waals surface area contributed by atoms with E-state index in [1.54, 1.807) is 0 Å². The highest BCUT2D eigenvalue weighted by Gasteiger charge is 2.45. The predicted molar refractivity (Wildman–Crippen MR) is 92.2 cm³/mol. The molecule has 0 bridgehead atoms. The normalized spacial score (nSPS) is 39.0. The maximum Gasteiger partial charge on any atom is 0.0656 e. The van der Waals surface area contributed by atoms with Gasteiger partial charge in [-0.15, -0.1) is 0 Å². The Kier molecular flexibility index (Phi) is 6.06. The fourth-order valence-corrected chi connectivity index (χ4v) is 4.73. The van der Waals surface area contributed by atoms with E-state index in [0.29, 0.717) is 30.3 Å². The molecule has 2 rings (SSSR count). The number of nitriles is 2. The molecule has 2 aliphatic rings. The molecule has 0 aromatic carbocycles. The van der Waals surface area contributed by atoms with Crippen molar-refractivity contribution < 1.29 is 0 Å². The van der Waals surface area contributed by atoms with Gasteiger partial charge in [-0.2, -0.15) is 10.5 Å². The second-order valence-corrected chi connectivity index (χ2v) is 8.15. The van der Waals surface area contributed by atoms with Gasteiger partial charge in [-0.25, -0.2) is 0 Å². The molecule has 0 radical (unpaired) electrons.